The Labute approximate surface area is 101 Å². The quantitative estimate of drug-likeness (QED) is 0.892. The fourth-order valence-corrected chi connectivity index (χ4v) is 3.61. The fraction of sp³-hybridized carbons (Fsp3) is 0.417. The van der Waals surface area contributed by atoms with E-state index in [0.29, 0.717) is 0 Å². The molecule has 1 aromatic carbocycles. The van der Waals surface area contributed by atoms with Crippen LogP contribution in [0.1, 0.15) is 19.4 Å². The van der Waals surface area contributed by atoms with Gasteiger partial charge in [-0.25, -0.2) is 8.42 Å². The molecule has 0 heterocycles. The van der Waals surface area contributed by atoms with Crippen LogP contribution in [0.4, 0.5) is 0 Å². The van der Waals surface area contributed by atoms with Crippen LogP contribution in [0.2, 0.25) is 0 Å². The molecule has 0 fully saturated rings. The van der Waals surface area contributed by atoms with Gasteiger partial charge in [-0.05, 0) is 30.5 Å². The number of hydrogen-bond acceptors (Lipinski definition) is 3. The van der Waals surface area contributed by atoms with E-state index in [4.69, 9.17) is 5.11 Å². The van der Waals surface area contributed by atoms with Crippen LogP contribution in [0.3, 0.4) is 0 Å². The summed E-state index contributed by atoms with van der Waals surface area (Å²) in [6.07, 6.45) is 0. The first-order chi connectivity index (χ1) is 7.76. The number of sulfone groups is 1. The molecule has 1 aromatic rings. The monoisotopic (exact) mass is 256 g/mol. The molecule has 0 amide bonds. The molecule has 0 saturated carbocycles. The molecule has 0 radical (unpaired) electrons. The van der Waals surface area contributed by atoms with Gasteiger partial charge in [-0.2, -0.15) is 0 Å². The molecule has 0 bridgehead atoms. The van der Waals surface area contributed by atoms with Crippen LogP contribution in [0, 0.1) is 12.8 Å². The Morgan fingerprint density at radius 2 is 1.88 bits per heavy atom. The maximum Gasteiger partial charge on any atom is 0.322 e. The Morgan fingerprint density at radius 3 is 2.29 bits per heavy atom. The summed E-state index contributed by atoms with van der Waals surface area (Å²) >= 11 is 0. The van der Waals surface area contributed by atoms with Gasteiger partial charge < -0.3 is 5.11 Å². The minimum absolute atomic E-state index is 0.0681. The predicted octanol–water partition coefficient (Wildman–Crippen LogP) is 1.88. The van der Waals surface area contributed by atoms with Crippen LogP contribution >= 0.6 is 0 Å². The van der Waals surface area contributed by atoms with E-state index in [1.165, 1.54) is 12.1 Å². The average molecular weight is 256 g/mol. The van der Waals surface area contributed by atoms with Gasteiger partial charge in [0.15, 0.2) is 15.1 Å². The van der Waals surface area contributed by atoms with Gasteiger partial charge in [0.1, 0.15) is 0 Å². The number of hydrogen-bond donors (Lipinski definition) is 1. The van der Waals surface area contributed by atoms with Gasteiger partial charge in [-0.3, -0.25) is 4.79 Å². The minimum atomic E-state index is -3.82. The molecule has 94 valence electrons. The number of aryl methyl sites for hydroxylation is 1. The van der Waals surface area contributed by atoms with Gasteiger partial charge in [0.2, 0.25) is 0 Å². The molecule has 4 nitrogen and oxygen atoms in total. The van der Waals surface area contributed by atoms with Crippen molar-refractivity contribution in [1.82, 2.24) is 0 Å². The third-order valence-corrected chi connectivity index (χ3v) is 4.83. The van der Waals surface area contributed by atoms with Crippen LogP contribution in [0.5, 0.6) is 0 Å². The predicted molar refractivity (Wildman–Crippen MR) is 64.6 cm³/mol. The topological polar surface area (TPSA) is 71.4 Å². The molecule has 17 heavy (non-hydrogen) atoms. The van der Waals surface area contributed by atoms with Crippen molar-refractivity contribution in [3.05, 3.63) is 29.8 Å². The number of rotatable bonds is 4. The van der Waals surface area contributed by atoms with Crippen molar-refractivity contribution in [3.63, 3.8) is 0 Å². The van der Waals surface area contributed by atoms with Gasteiger partial charge >= 0.3 is 5.97 Å². The molecule has 0 aliphatic heterocycles. The van der Waals surface area contributed by atoms with E-state index in [1.54, 1.807) is 32.9 Å². The van der Waals surface area contributed by atoms with Crippen LogP contribution in [-0.2, 0) is 14.6 Å². The molecule has 0 aromatic heterocycles. The van der Waals surface area contributed by atoms with Crippen molar-refractivity contribution in [2.75, 3.05) is 0 Å². The Morgan fingerprint density at radius 1 is 1.29 bits per heavy atom. The first kappa shape index (κ1) is 13.7. The molecule has 1 N–H and O–H groups in total. The normalized spacial score (nSPS) is 13.6. The van der Waals surface area contributed by atoms with E-state index >= 15 is 0 Å². The van der Waals surface area contributed by atoms with Crippen molar-refractivity contribution >= 4 is 15.8 Å². The third kappa shape index (κ3) is 2.85. The molecule has 5 heteroatoms. The van der Waals surface area contributed by atoms with Gasteiger partial charge in [-0.15, -0.1) is 0 Å². The molecule has 0 aliphatic rings. The Hall–Kier alpha value is -1.36. The second-order valence-corrected chi connectivity index (χ2v) is 6.43. The third-order valence-electron chi connectivity index (χ3n) is 2.50. The summed E-state index contributed by atoms with van der Waals surface area (Å²) in [7, 11) is -3.82. The number of aliphatic carboxylic acids is 1. The molecule has 0 aliphatic carbocycles. The number of carboxylic acids is 1. The van der Waals surface area contributed by atoms with E-state index in [9.17, 15) is 13.2 Å². The summed E-state index contributed by atoms with van der Waals surface area (Å²) in [6, 6.07) is 6.31. The van der Waals surface area contributed by atoms with Crippen molar-refractivity contribution in [2.24, 2.45) is 5.92 Å². The van der Waals surface area contributed by atoms with Gasteiger partial charge in [0.25, 0.3) is 0 Å². The summed E-state index contributed by atoms with van der Waals surface area (Å²) in [5, 5.41) is 7.63. The van der Waals surface area contributed by atoms with Gasteiger partial charge in [0, 0.05) is 0 Å². The van der Waals surface area contributed by atoms with Crippen LogP contribution in [0.25, 0.3) is 0 Å². The highest BCUT2D eigenvalue weighted by Gasteiger charge is 2.36. The molecular weight excluding hydrogens is 240 g/mol. The lowest BCUT2D eigenvalue weighted by atomic mass is 10.1. The molecule has 0 spiro atoms. The lowest BCUT2D eigenvalue weighted by molar-refractivity contribution is -0.137. The first-order valence-electron chi connectivity index (χ1n) is 5.30. The molecule has 0 saturated heterocycles. The van der Waals surface area contributed by atoms with Crippen molar-refractivity contribution in [3.8, 4) is 0 Å². The highest BCUT2D eigenvalue weighted by Crippen LogP contribution is 2.22. The van der Waals surface area contributed by atoms with E-state index in [0.717, 1.165) is 5.56 Å². The van der Waals surface area contributed by atoms with E-state index < -0.39 is 27.0 Å². The Kier molecular flexibility index (Phi) is 3.93. The van der Waals surface area contributed by atoms with Gasteiger partial charge in [0.05, 0.1) is 4.90 Å². The Balaban J connectivity index is 3.31. The van der Waals surface area contributed by atoms with Crippen LogP contribution in [0.15, 0.2) is 29.2 Å². The molecular formula is C12H16O4S. The zero-order valence-electron chi connectivity index (χ0n) is 10.0. The summed E-state index contributed by atoms with van der Waals surface area (Å²) in [4.78, 5) is 11.1. The largest absolute Gasteiger partial charge is 0.480 e. The zero-order valence-corrected chi connectivity index (χ0v) is 10.9. The van der Waals surface area contributed by atoms with Crippen molar-refractivity contribution in [1.29, 1.82) is 0 Å². The standard InChI is InChI=1S/C12H16O4S/c1-8(2)11(12(13)14)17(15,16)10-6-4-5-9(3)7-10/h4-8,11H,1-3H3,(H,13,14). The smallest absolute Gasteiger partial charge is 0.322 e. The summed E-state index contributed by atoms with van der Waals surface area (Å²) < 4.78 is 24.4. The highest BCUT2D eigenvalue weighted by atomic mass is 32.2. The summed E-state index contributed by atoms with van der Waals surface area (Å²) in [5.74, 6) is -1.78. The van der Waals surface area contributed by atoms with Crippen LogP contribution < -0.4 is 0 Å². The van der Waals surface area contributed by atoms with E-state index in [2.05, 4.69) is 0 Å². The van der Waals surface area contributed by atoms with Crippen molar-refractivity contribution < 1.29 is 18.3 Å². The SMILES string of the molecule is Cc1cccc(S(=O)(=O)C(C(=O)O)C(C)C)c1. The first-order valence-corrected chi connectivity index (χ1v) is 6.85. The lowest BCUT2D eigenvalue weighted by Gasteiger charge is -2.17. The number of carboxylic acid groups (broad SMARTS) is 1. The van der Waals surface area contributed by atoms with E-state index in [1.807, 2.05) is 0 Å². The second-order valence-electron chi connectivity index (χ2n) is 4.36. The van der Waals surface area contributed by atoms with Crippen molar-refractivity contribution in [2.45, 2.75) is 30.9 Å². The highest BCUT2D eigenvalue weighted by molar-refractivity contribution is 7.92. The maximum atomic E-state index is 12.2. The fourth-order valence-electron chi connectivity index (χ4n) is 1.72. The number of carbonyl (C=O) groups is 1. The maximum absolute atomic E-state index is 12.2. The van der Waals surface area contributed by atoms with Gasteiger partial charge in [-0.1, -0.05) is 26.0 Å². The Bertz CT molecular complexity index is 517. The minimum Gasteiger partial charge on any atom is -0.480 e. The lowest BCUT2D eigenvalue weighted by Crippen LogP contribution is -2.35. The zero-order chi connectivity index (χ0) is 13.2. The molecule has 1 unspecified atom stereocenters. The summed E-state index contributed by atoms with van der Waals surface area (Å²) in [5.41, 5.74) is 0.791. The second kappa shape index (κ2) is 4.87. The summed E-state index contributed by atoms with van der Waals surface area (Å²) in [6.45, 7) is 4.95. The molecule has 1 atom stereocenters. The average Bonchev–Trinajstić information content (AvgIpc) is 2.15. The van der Waals surface area contributed by atoms with E-state index in [-0.39, 0.29) is 4.90 Å². The van der Waals surface area contributed by atoms with Crippen LogP contribution in [-0.4, -0.2) is 24.7 Å². The molecule has 1 rings (SSSR count). The number of benzene rings is 1.